The quantitative estimate of drug-likeness (QED) is 0.199. The summed E-state index contributed by atoms with van der Waals surface area (Å²) in [6, 6.07) is 7.15. The molecule has 0 saturated heterocycles. The van der Waals surface area contributed by atoms with Crippen LogP contribution in [0.4, 0.5) is 0 Å². The zero-order valence-electron chi connectivity index (χ0n) is 36.8. The van der Waals surface area contributed by atoms with Crippen LogP contribution in [0.25, 0.3) is 0 Å². The highest BCUT2D eigenvalue weighted by atomic mass is 16.6. The Hall–Kier alpha value is -3.31. The molecule has 0 spiro atoms. The molecule has 0 amide bonds. The number of hydrogen-bond donors (Lipinski definition) is 3. The van der Waals surface area contributed by atoms with E-state index in [4.69, 9.17) is 18.5 Å². The molecule has 0 aromatic carbocycles. The minimum atomic E-state index is -0.661. The van der Waals surface area contributed by atoms with E-state index in [1.54, 1.807) is 32.3 Å². The number of nitrogens with zero attached hydrogens (tertiary/aromatic N) is 1. The van der Waals surface area contributed by atoms with Crippen molar-refractivity contribution in [2.45, 2.75) is 160 Å². The lowest BCUT2D eigenvalue weighted by Gasteiger charge is -2.62. The highest BCUT2D eigenvalue weighted by molar-refractivity contribution is 5.96. The molecule has 10 nitrogen and oxygen atoms in total. The zero-order valence-corrected chi connectivity index (χ0v) is 36.8. The molecule has 5 unspecified atom stereocenters. The maximum atomic E-state index is 12.2. The molecule has 60 heavy (non-hydrogen) atoms. The predicted octanol–water partition coefficient (Wildman–Crippen LogP) is 9.12. The molecule has 10 heteroatoms. The minimum Gasteiger partial charge on any atom is -0.431 e. The molecule has 6 saturated carbocycles. The van der Waals surface area contributed by atoms with Gasteiger partial charge in [-0.15, -0.1) is 0 Å². The maximum Gasteiger partial charge on any atom is 0.335 e. The first kappa shape index (κ1) is 42.0. The molecule has 0 aliphatic heterocycles. The van der Waals surface area contributed by atoms with Gasteiger partial charge in [0.25, 0.3) is 0 Å². The van der Waals surface area contributed by atoms with Crippen molar-refractivity contribution in [3.8, 4) is 0 Å². The van der Waals surface area contributed by atoms with E-state index in [2.05, 4.69) is 50.5 Å². The molecular weight excluding hydrogens is 757 g/mol. The predicted molar refractivity (Wildman–Crippen MR) is 230 cm³/mol. The minimum absolute atomic E-state index is 0.143. The number of hydroxylamine groups is 1. The Morgan fingerprint density at radius 1 is 0.633 bits per heavy atom. The fourth-order valence-electron chi connectivity index (χ4n) is 15.9. The topological polar surface area (TPSA) is 144 Å². The van der Waals surface area contributed by atoms with Gasteiger partial charge in [-0.3, -0.25) is 0 Å². The van der Waals surface area contributed by atoms with E-state index in [-0.39, 0.29) is 44.7 Å². The van der Waals surface area contributed by atoms with Crippen LogP contribution in [0, 0.1) is 45.3 Å². The second-order valence-corrected chi connectivity index (χ2v) is 21.2. The number of allylic oxidation sites excluding steroid dienone is 3. The summed E-state index contributed by atoms with van der Waals surface area (Å²) in [4.78, 5) is 33.1. The third-order valence-corrected chi connectivity index (χ3v) is 19.2. The second kappa shape index (κ2) is 15.2. The molecule has 10 rings (SSSR count). The van der Waals surface area contributed by atoms with Gasteiger partial charge in [0.05, 0.1) is 42.6 Å². The highest BCUT2D eigenvalue weighted by Crippen LogP contribution is 2.71. The second-order valence-electron chi connectivity index (χ2n) is 21.2. The number of fused-ring (bicyclic) bond motifs is 10. The van der Waals surface area contributed by atoms with Crippen LogP contribution in [0.15, 0.2) is 83.7 Å². The summed E-state index contributed by atoms with van der Waals surface area (Å²) in [6.07, 6.45) is 24.3. The number of hydrogen-bond acceptors (Lipinski definition) is 10. The van der Waals surface area contributed by atoms with Crippen LogP contribution in [-0.4, -0.2) is 47.4 Å². The van der Waals surface area contributed by atoms with E-state index in [0.29, 0.717) is 29.7 Å². The fourth-order valence-corrected chi connectivity index (χ4v) is 15.9. The molecule has 6 fully saturated rings. The Morgan fingerprint density at radius 2 is 1.17 bits per heavy atom. The van der Waals surface area contributed by atoms with Crippen molar-refractivity contribution in [2.75, 3.05) is 14.2 Å². The molecule has 0 bridgehead atoms. The molecule has 8 aliphatic rings. The van der Waals surface area contributed by atoms with Crippen LogP contribution >= 0.6 is 0 Å². The molecule has 8 aliphatic carbocycles. The van der Waals surface area contributed by atoms with E-state index < -0.39 is 11.2 Å². The maximum absolute atomic E-state index is 12.2. The molecule has 13 atom stereocenters. The first-order chi connectivity index (χ1) is 28.6. The van der Waals surface area contributed by atoms with Crippen molar-refractivity contribution in [2.24, 2.45) is 50.5 Å². The van der Waals surface area contributed by atoms with E-state index in [1.165, 1.54) is 17.7 Å². The molecule has 2 aromatic rings. The number of rotatable bonds is 5. The van der Waals surface area contributed by atoms with Gasteiger partial charge in [-0.1, -0.05) is 50.1 Å². The van der Waals surface area contributed by atoms with Crippen LogP contribution in [-0.2, 0) is 9.68 Å². The van der Waals surface area contributed by atoms with Crippen molar-refractivity contribution in [3.63, 3.8) is 0 Å². The van der Waals surface area contributed by atoms with Crippen LogP contribution in [0.3, 0.4) is 0 Å². The Labute approximate surface area is 355 Å². The largest absolute Gasteiger partial charge is 0.431 e. The summed E-state index contributed by atoms with van der Waals surface area (Å²) >= 11 is 0. The summed E-state index contributed by atoms with van der Waals surface area (Å²) in [6.45, 7) is 9.44. The third-order valence-electron chi connectivity index (χ3n) is 19.2. The number of nitrogens with one attached hydrogen (secondary N) is 1. The average Bonchev–Trinajstić information content (AvgIpc) is 3.68. The van der Waals surface area contributed by atoms with Crippen molar-refractivity contribution in [3.05, 3.63) is 92.1 Å². The Morgan fingerprint density at radius 3 is 1.67 bits per heavy atom. The van der Waals surface area contributed by atoms with Crippen LogP contribution in [0.5, 0.6) is 0 Å². The molecule has 2 aromatic heterocycles. The van der Waals surface area contributed by atoms with Crippen LogP contribution < -0.4 is 16.7 Å². The van der Waals surface area contributed by atoms with Gasteiger partial charge in [0.1, 0.15) is 7.11 Å². The SMILES string of the molecule is CON=C1C=C2CCC3C(CC[C@]4(C)[C@@H](c5ccc(=O)oc5)CC[C@]34O)[C@@]2(C)CC1.CONC1C=C2CCC3C(CC[C@]4(C)[C@@H](c5ccc(=O)oc5)CC[C@]34O)[C@@]2(C)CC1. The van der Waals surface area contributed by atoms with Crippen LogP contribution in [0.2, 0.25) is 0 Å². The van der Waals surface area contributed by atoms with Gasteiger partial charge in [-0.2, -0.15) is 5.48 Å². The van der Waals surface area contributed by atoms with E-state index in [9.17, 15) is 19.8 Å². The number of oxime groups is 1. The Kier molecular flexibility index (Phi) is 10.6. The van der Waals surface area contributed by atoms with Gasteiger partial charge in [0, 0.05) is 23.0 Å². The first-order valence-corrected chi connectivity index (χ1v) is 23.1. The van der Waals surface area contributed by atoms with Gasteiger partial charge in [0.2, 0.25) is 0 Å². The lowest BCUT2D eigenvalue weighted by Crippen LogP contribution is -2.60. The van der Waals surface area contributed by atoms with Gasteiger partial charge in [-0.25, -0.2) is 9.59 Å². The Balaban J connectivity index is 0.000000154. The Bertz CT molecular complexity index is 2130. The van der Waals surface area contributed by atoms with Crippen molar-refractivity contribution in [1.29, 1.82) is 0 Å². The summed E-state index contributed by atoms with van der Waals surface area (Å²) in [5.41, 5.74) is 7.43. The normalized spacial score (nSPS) is 44.7. The highest BCUT2D eigenvalue weighted by Gasteiger charge is 2.68. The third kappa shape index (κ3) is 6.26. The average molecular weight is 825 g/mol. The smallest absolute Gasteiger partial charge is 0.335 e. The molecule has 0 radical (unpaired) electrons. The standard InChI is InChI=1S/C25H35NO4.C25H33NO4/c2*1-23-11-8-18(26-29-3)14-17(23)5-6-21-20(23)9-12-24(2)19(10-13-25(21,24)28)16-4-7-22(27)30-15-16/h4,7,14-15,18-21,26,28H,5-6,8-13H2,1-3H3;4,7,14-15,19-21,28H,5-6,8-13H2,1-3H3/t18?,19-,20?,21?,23+,24-,25+;19-,20?,21?,23+,24-,25+/m11/s1. The summed E-state index contributed by atoms with van der Waals surface area (Å²) in [5, 5.41) is 28.7. The van der Waals surface area contributed by atoms with E-state index in [0.717, 1.165) is 120 Å². The summed E-state index contributed by atoms with van der Waals surface area (Å²) < 4.78 is 10.4. The zero-order chi connectivity index (χ0) is 42.3. The van der Waals surface area contributed by atoms with Crippen molar-refractivity contribution in [1.82, 2.24) is 5.48 Å². The number of aliphatic hydroxyl groups is 2. The van der Waals surface area contributed by atoms with Crippen molar-refractivity contribution >= 4 is 5.71 Å². The van der Waals surface area contributed by atoms with Crippen LogP contribution in [0.1, 0.15) is 153 Å². The first-order valence-electron chi connectivity index (χ1n) is 23.1. The molecule has 2 heterocycles. The summed E-state index contributed by atoms with van der Waals surface area (Å²) in [7, 11) is 3.30. The van der Waals surface area contributed by atoms with E-state index >= 15 is 0 Å². The van der Waals surface area contributed by atoms with Gasteiger partial charge in [-0.05, 0) is 178 Å². The van der Waals surface area contributed by atoms with Gasteiger partial charge < -0.3 is 28.7 Å². The molecule has 3 N–H and O–H groups in total. The van der Waals surface area contributed by atoms with Crippen molar-refractivity contribution < 1.29 is 28.7 Å². The lowest BCUT2D eigenvalue weighted by molar-refractivity contribution is -0.177. The molecule has 326 valence electrons. The fraction of sp³-hybridized carbons (Fsp3) is 0.700. The van der Waals surface area contributed by atoms with Gasteiger partial charge >= 0.3 is 11.3 Å². The van der Waals surface area contributed by atoms with E-state index in [1.807, 2.05) is 12.1 Å². The monoisotopic (exact) mass is 824 g/mol. The lowest BCUT2D eigenvalue weighted by atomic mass is 9.45. The molecular formula is C50H68N2O8. The van der Waals surface area contributed by atoms with Gasteiger partial charge in [0.15, 0.2) is 0 Å². The summed E-state index contributed by atoms with van der Waals surface area (Å²) in [5.74, 6) is 2.19.